The lowest BCUT2D eigenvalue weighted by molar-refractivity contribution is -0.120. The molecule has 1 aromatic heterocycles. The van der Waals surface area contributed by atoms with Crippen molar-refractivity contribution in [1.82, 2.24) is 4.57 Å². The number of fused-ring (bicyclic) bond motifs is 1. The van der Waals surface area contributed by atoms with E-state index in [1.807, 2.05) is 0 Å². The maximum Gasteiger partial charge on any atom is 0.417 e. The summed E-state index contributed by atoms with van der Waals surface area (Å²) in [5.74, 6) is -2.57. The Labute approximate surface area is 187 Å². The number of carbonyl (C=O) groups is 2. The first-order valence-corrected chi connectivity index (χ1v) is 10.1. The van der Waals surface area contributed by atoms with Gasteiger partial charge in [0.2, 0.25) is 0 Å². The minimum atomic E-state index is -4.93. The van der Waals surface area contributed by atoms with Crippen LogP contribution in [0.4, 0.5) is 23.2 Å². The number of anilines is 1. The van der Waals surface area contributed by atoms with Crippen molar-refractivity contribution in [3.8, 4) is 0 Å². The van der Waals surface area contributed by atoms with Gasteiger partial charge in [0.05, 0.1) is 22.4 Å². The fourth-order valence-electron chi connectivity index (χ4n) is 4.30. The number of aromatic nitrogens is 1. The van der Waals surface area contributed by atoms with E-state index in [1.165, 1.54) is 26.0 Å². The molecule has 33 heavy (non-hydrogen) atoms. The van der Waals surface area contributed by atoms with E-state index in [0.29, 0.717) is 21.5 Å². The van der Waals surface area contributed by atoms with Crippen molar-refractivity contribution in [2.45, 2.75) is 26.9 Å². The molecule has 2 amide bonds. The molecule has 170 valence electrons. The van der Waals surface area contributed by atoms with E-state index in [2.05, 4.69) is 0 Å². The monoisotopic (exact) mass is 456 g/mol. The zero-order chi connectivity index (χ0) is 24.2. The molecule has 0 saturated carbocycles. The smallest absolute Gasteiger partial charge is 0.347 e. The number of alkyl halides is 3. The van der Waals surface area contributed by atoms with Gasteiger partial charge in [-0.05, 0) is 51.1 Å². The van der Waals surface area contributed by atoms with E-state index in [1.54, 1.807) is 42.8 Å². The van der Waals surface area contributed by atoms with Crippen LogP contribution in [-0.2, 0) is 16.6 Å². The molecule has 0 N–H and O–H groups in total. The largest absolute Gasteiger partial charge is 0.417 e. The average Bonchev–Trinajstić information content (AvgIpc) is 3.14. The summed E-state index contributed by atoms with van der Waals surface area (Å²) in [6.45, 7) is 4.51. The summed E-state index contributed by atoms with van der Waals surface area (Å²) in [6.07, 6.45) is -4.93. The number of hydrogen-bond acceptors (Lipinski definition) is 2. The number of halogens is 4. The highest BCUT2D eigenvalue weighted by molar-refractivity contribution is 6.39. The normalized spacial score (nSPS) is 16.2. The zero-order valence-corrected chi connectivity index (χ0v) is 18.3. The van der Waals surface area contributed by atoms with Gasteiger partial charge in [0.1, 0.15) is 5.82 Å². The van der Waals surface area contributed by atoms with Crippen LogP contribution >= 0.6 is 0 Å². The maximum absolute atomic E-state index is 14.7. The summed E-state index contributed by atoms with van der Waals surface area (Å²) in [7, 11) is 1.65. The van der Waals surface area contributed by atoms with Gasteiger partial charge in [-0.1, -0.05) is 23.8 Å². The van der Waals surface area contributed by atoms with Crippen LogP contribution in [0.2, 0.25) is 0 Å². The van der Waals surface area contributed by atoms with Crippen LogP contribution < -0.4 is 4.90 Å². The molecule has 0 spiro atoms. The standard InChI is InChI=1S/C25H20F4N2O2/c1-13(2)19-21(24(33)31(23(19)32)16-11-9-15(26)10-12-16)22(25(27,28)29)20-14(3)30(4)18-8-6-5-7-17(18)20/h5-12H,1-4H3/b22-21-. The molecule has 0 radical (unpaired) electrons. The van der Waals surface area contributed by atoms with Crippen molar-refractivity contribution >= 4 is 34.0 Å². The number of aryl methyl sites for hydroxylation is 1. The fraction of sp³-hybridized carbons (Fsp3) is 0.200. The van der Waals surface area contributed by atoms with Crippen molar-refractivity contribution in [2.75, 3.05) is 4.90 Å². The second-order valence-corrected chi connectivity index (χ2v) is 8.08. The molecule has 2 heterocycles. The van der Waals surface area contributed by atoms with Crippen molar-refractivity contribution in [3.05, 3.63) is 82.3 Å². The second-order valence-electron chi connectivity index (χ2n) is 8.08. The lowest BCUT2D eigenvalue weighted by atomic mass is 9.91. The lowest BCUT2D eigenvalue weighted by Crippen LogP contribution is -2.29. The Hall–Kier alpha value is -3.68. The number of benzene rings is 2. The van der Waals surface area contributed by atoms with Crippen molar-refractivity contribution in [1.29, 1.82) is 0 Å². The Kier molecular flexibility index (Phi) is 5.27. The molecule has 1 aliphatic rings. The molecular formula is C25H20F4N2O2. The van der Waals surface area contributed by atoms with Crippen LogP contribution in [-0.4, -0.2) is 22.6 Å². The molecule has 3 aromatic rings. The van der Waals surface area contributed by atoms with Crippen LogP contribution in [0, 0.1) is 12.7 Å². The number of amides is 2. The number of rotatable bonds is 2. The minimum Gasteiger partial charge on any atom is -0.347 e. The predicted molar refractivity (Wildman–Crippen MR) is 118 cm³/mol. The van der Waals surface area contributed by atoms with Gasteiger partial charge in [-0.15, -0.1) is 0 Å². The molecule has 4 nitrogen and oxygen atoms in total. The van der Waals surface area contributed by atoms with E-state index in [0.717, 1.165) is 12.1 Å². The van der Waals surface area contributed by atoms with Crippen LogP contribution in [0.5, 0.6) is 0 Å². The van der Waals surface area contributed by atoms with Crippen LogP contribution in [0.15, 0.2) is 65.3 Å². The first-order valence-electron chi connectivity index (χ1n) is 10.1. The molecule has 0 aliphatic carbocycles. The summed E-state index contributed by atoms with van der Waals surface area (Å²) >= 11 is 0. The third kappa shape index (κ3) is 3.46. The van der Waals surface area contributed by atoms with Crippen LogP contribution in [0.25, 0.3) is 16.5 Å². The highest BCUT2D eigenvalue weighted by Gasteiger charge is 2.49. The van der Waals surface area contributed by atoms with Gasteiger partial charge < -0.3 is 4.57 Å². The molecule has 0 bridgehead atoms. The summed E-state index contributed by atoms with van der Waals surface area (Å²) in [4.78, 5) is 27.3. The molecule has 4 rings (SSSR count). The Morgan fingerprint density at radius 2 is 1.45 bits per heavy atom. The molecule has 1 saturated heterocycles. The SMILES string of the molecule is CC(C)=C1C(=O)N(c2ccc(F)cc2)C(=O)/C1=C(/c1c(C)n(C)c2ccccc12)C(F)(F)F. The second kappa shape index (κ2) is 7.72. The first-order chi connectivity index (χ1) is 15.4. The molecular weight excluding hydrogens is 436 g/mol. The molecule has 0 unspecified atom stereocenters. The van der Waals surface area contributed by atoms with E-state index in [4.69, 9.17) is 0 Å². The maximum atomic E-state index is 14.7. The summed E-state index contributed by atoms with van der Waals surface area (Å²) in [6, 6.07) is 11.1. The van der Waals surface area contributed by atoms with Gasteiger partial charge in [0, 0.05) is 29.2 Å². The topological polar surface area (TPSA) is 42.3 Å². The molecule has 2 aromatic carbocycles. The average molecular weight is 456 g/mol. The highest BCUT2D eigenvalue weighted by atomic mass is 19.4. The van der Waals surface area contributed by atoms with Crippen LogP contribution in [0.1, 0.15) is 25.1 Å². The fourth-order valence-corrected chi connectivity index (χ4v) is 4.30. The Morgan fingerprint density at radius 1 is 0.879 bits per heavy atom. The van der Waals surface area contributed by atoms with Gasteiger partial charge in [-0.2, -0.15) is 13.2 Å². The quantitative estimate of drug-likeness (QED) is 0.276. The van der Waals surface area contributed by atoms with Crippen LogP contribution in [0.3, 0.4) is 0 Å². The van der Waals surface area contributed by atoms with E-state index < -0.39 is 35.0 Å². The van der Waals surface area contributed by atoms with Gasteiger partial charge in [0.25, 0.3) is 11.8 Å². The van der Waals surface area contributed by atoms with Crippen molar-refractivity contribution in [2.24, 2.45) is 7.05 Å². The van der Waals surface area contributed by atoms with Gasteiger partial charge >= 0.3 is 6.18 Å². The minimum absolute atomic E-state index is 0.00341. The lowest BCUT2D eigenvalue weighted by Gasteiger charge is -2.17. The van der Waals surface area contributed by atoms with Gasteiger partial charge in [0.15, 0.2) is 0 Å². The van der Waals surface area contributed by atoms with Gasteiger partial charge in [-0.25, -0.2) is 9.29 Å². The Balaban J connectivity index is 2.12. The Morgan fingerprint density at radius 3 is 2.03 bits per heavy atom. The predicted octanol–water partition coefficient (Wildman–Crippen LogP) is 5.85. The molecule has 1 fully saturated rings. The number of allylic oxidation sites excluding steroid dienone is 2. The van der Waals surface area contributed by atoms with Crippen molar-refractivity contribution < 1.29 is 27.2 Å². The number of imide groups is 1. The van der Waals surface area contributed by atoms with Gasteiger partial charge in [-0.3, -0.25) is 9.59 Å². The number of carbonyl (C=O) groups excluding carboxylic acids is 2. The number of hydrogen-bond donors (Lipinski definition) is 0. The number of nitrogens with zero attached hydrogens (tertiary/aromatic N) is 2. The van der Waals surface area contributed by atoms with E-state index in [-0.39, 0.29) is 22.4 Å². The molecule has 1 aliphatic heterocycles. The molecule has 0 atom stereocenters. The highest BCUT2D eigenvalue weighted by Crippen LogP contribution is 2.47. The summed E-state index contributed by atoms with van der Waals surface area (Å²) in [5, 5.41) is 0.325. The zero-order valence-electron chi connectivity index (χ0n) is 18.3. The first kappa shape index (κ1) is 22.5. The Bertz CT molecular complexity index is 1370. The van der Waals surface area contributed by atoms with E-state index >= 15 is 0 Å². The third-order valence-electron chi connectivity index (χ3n) is 5.85. The number of para-hydroxylation sites is 1. The third-order valence-corrected chi connectivity index (χ3v) is 5.85. The summed E-state index contributed by atoms with van der Waals surface area (Å²) in [5.41, 5.74) is -1.15. The summed E-state index contributed by atoms with van der Waals surface area (Å²) < 4.78 is 59.0. The molecule has 8 heteroatoms. The van der Waals surface area contributed by atoms with E-state index in [9.17, 15) is 27.2 Å². The van der Waals surface area contributed by atoms with Crippen molar-refractivity contribution in [3.63, 3.8) is 0 Å².